The van der Waals surface area contributed by atoms with E-state index in [1.54, 1.807) is 0 Å². The number of carbonyl (C=O) groups is 3. The highest BCUT2D eigenvalue weighted by molar-refractivity contribution is 5.83. The molecule has 0 heterocycles. The number of hydrogen-bond acceptors (Lipinski definition) is 5. The van der Waals surface area contributed by atoms with Crippen LogP contribution in [0.25, 0.3) is 0 Å². The van der Waals surface area contributed by atoms with E-state index in [4.69, 9.17) is 10.5 Å². The van der Waals surface area contributed by atoms with Crippen LogP contribution in [0.1, 0.15) is 219 Å². The number of carboxylic acids is 1. The van der Waals surface area contributed by atoms with Crippen LogP contribution in [0.4, 0.5) is 0 Å². The van der Waals surface area contributed by atoms with Crippen molar-refractivity contribution in [1.82, 2.24) is 5.32 Å². The first-order chi connectivity index (χ1) is 26.9. The molecule has 0 bridgehead atoms. The van der Waals surface area contributed by atoms with E-state index >= 15 is 0 Å². The van der Waals surface area contributed by atoms with Crippen LogP contribution in [-0.2, 0) is 19.1 Å². The van der Waals surface area contributed by atoms with Gasteiger partial charge < -0.3 is 20.9 Å². The van der Waals surface area contributed by atoms with Crippen molar-refractivity contribution in [2.45, 2.75) is 231 Å². The third kappa shape index (κ3) is 39.4. The number of allylic oxidation sites excluding steroid dienone is 7. The minimum atomic E-state index is -1.01. The number of unbranched alkanes of at least 4 members (excludes halogenated alkanes) is 21. The third-order valence-corrected chi connectivity index (χ3v) is 10.1. The molecule has 318 valence electrons. The molecule has 7 nitrogen and oxygen atoms in total. The third-order valence-electron chi connectivity index (χ3n) is 10.1. The molecule has 2 atom stereocenters. The van der Waals surface area contributed by atoms with E-state index in [-0.39, 0.29) is 18.0 Å². The van der Waals surface area contributed by atoms with Crippen molar-refractivity contribution in [1.29, 1.82) is 0 Å². The van der Waals surface area contributed by atoms with Gasteiger partial charge in [-0.2, -0.15) is 0 Å². The molecule has 0 aromatic heterocycles. The molecular formula is C48H86N2O5. The highest BCUT2D eigenvalue weighted by Crippen LogP contribution is 2.17. The normalized spacial score (nSPS) is 13.1. The molecule has 0 fully saturated rings. The molecule has 0 aromatic rings. The number of carbonyl (C=O) groups excluding carboxylic acids is 2. The molecular weight excluding hydrogens is 685 g/mol. The van der Waals surface area contributed by atoms with Crippen molar-refractivity contribution in [2.24, 2.45) is 5.73 Å². The van der Waals surface area contributed by atoms with E-state index in [9.17, 15) is 19.5 Å². The largest absolute Gasteiger partial charge is 0.480 e. The first-order valence-corrected chi connectivity index (χ1v) is 23.0. The van der Waals surface area contributed by atoms with Gasteiger partial charge in [0.05, 0.1) is 0 Å². The summed E-state index contributed by atoms with van der Waals surface area (Å²) in [4.78, 5) is 36.4. The second kappa shape index (κ2) is 42.5. The van der Waals surface area contributed by atoms with Crippen molar-refractivity contribution in [3.63, 3.8) is 0 Å². The summed E-state index contributed by atoms with van der Waals surface area (Å²) in [6.45, 7) is 4.83. The van der Waals surface area contributed by atoms with Crippen molar-refractivity contribution >= 4 is 17.8 Å². The number of nitrogens with two attached hydrogens (primary N) is 1. The number of rotatable bonds is 41. The summed E-state index contributed by atoms with van der Waals surface area (Å²) in [6, 6.07) is -0.868. The fourth-order valence-electron chi connectivity index (χ4n) is 6.71. The number of ether oxygens (including phenoxy) is 1. The molecule has 0 rings (SSSR count). The Morgan fingerprint density at radius 1 is 0.545 bits per heavy atom. The zero-order valence-electron chi connectivity index (χ0n) is 35.8. The average molecular weight is 771 g/mol. The lowest BCUT2D eigenvalue weighted by Crippen LogP contribution is -2.40. The van der Waals surface area contributed by atoms with E-state index in [1.165, 1.54) is 103 Å². The number of esters is 1. The first-order valence-electron chi connectivity index (χ1n) is 23.0. The number of amides is 1. The molecule has 4 N–H and O–H groups in total. The lowest BCUT2D eigenvalue weighted by atomic mass is 10.0. The smallest absolute Gasteiger partial charge is 0.326 e. The molecule has 55 heavy (non-hydrogen) atoms. The lowest BCUT2D eigenvalue weighted by Gasteiger charge is -2.15. The standard InChI is InChI=1S/C48H86N2O5/c1-3-5-7-9-11-13-15-16-17-18-19-20-21-23-25-27-32-36-42-47(52)55-44(38-33-29-26-24-22-14-12-10-8-6-4-2)39-34-30-28-31-35-41-46(51)50-45(48(53)54)40-37-43-49/h6,8,12,14,24,26,33,38,44-45H,3-5,7,9-11,13,15-23,25,27-32,34-37,39-43,49H2,1-2H3,(H,50,51)(H,53,54)/b8-6-,14-12-,26-24-,38-33-. The van der Waals surface area contributed by atoms with Gasteiger partial charge in [-0.15, -0.1) is 0 Å². The van der Waals surface area contributed by atoms with Crippen LogP contribution < -0.4 is 11.1 Å². The molecule has 0 aliphatic carbocycles. The Kier molecular flexibility index (Phi) is 40.4. The molecule has 0 aromatic carbocycles. The highest BCUT2D eigenvalue weighted by atomic mass is 16.5. The summed E-state index contributed by atoms with van der Waals surface area (Å²) in [6.07, 6.45) is 51.8. The minimum absolute atomic E-state index is 0.0962. The lowest BCUT2D eigenvalue weighted by molar-refractivity contribution is -0.147. The quantitative estimate of drug-likeness (QED) is 0.0324. The van der Waals surface area contributed by atoms with Crippen LogP contribution >= 0.6 is 0 Å². The average Bonchev–Trinajstić information content (AvgIpc) is 3.17. The van der Waals surface area contributed by atoms with Crippen molar-refractivity contribution in [3.05, 3.63) is 48.6 Å². The van der Waals surface area contributed by atoms with Gasteiger partial charge in [-0.25, -0.2) is 4.79 Å². The molecule has 0 aliphatic heterocycles. The first kappa shape index (κ1) is 52.3. The molecule has 0 radical (unpaired) electrons. The van der Waals surface area contributed by atoms with Gasteiger partial charge in [0.2, 0.25) is 5.91 Å². The molecule has 0 saturated heterocycles. The Morgan fingerprint density at radius 3 is 1.45 bits per heavy atom. The van der Waals surface area contributed by atoms with E-state index < -0.39 is 12.0 Å². The highest BCUT2D eigenvalue weighted by Gasteiger charge is 2.18. The monoisotopic (exact) mass is 771 g/mol. The van der Waals surface area contributed by atoms with Crippen LogP contribution in [0.3, 0.4) is 0 Å². The summed E-state index contributed by atoms with van der Waals surface area (Å²) >= 11 is 0. The van der Waals surface area contributed by atoms with Crippen LogP contribution in [-0.4, -0.2) is 41.6 Å². The van der Waals surface area contributed by atoms with Crippen molar-refractivity contribution in [3.8, 4) is 0 Å². The molecule has 2 unspecified atom stereocenters. The predicted octanol–water partition coefficient (Wildman–Crippen LogP) is 13.2. The minimum Gasteiger partial charge on any atom is -0.480 e. The number of nitrogens with one attached hydrogen (secondary N) is 1. The second-order valence-electron chi connectivity index (χ2n) is 15.4. The van der Waals surface area contributed by atoms with Gasteiger partial charge in [0.15, 0.2) is 0 Å². The van der Waals surface area contributed by atoms with Gasteiger partial charge in [0.25, 0.3) is 0 Å². The summed E-state index contributed by atoms with van der Waals surface area (Å²) in [5.41, 5.74) is 5.48. The maximum atomic E-state index is 12.8. The Labute approximate surface area is 338 Å². The SMILES string of the molecule is CC/C=C\C/C=C\C/C=C\C/C=C\C(CCCCCCCC(=O)NC(CCCN)C(=O)O)OC(=O)CCCCCCCCCCCCCCCCCCCC. The topological polar surface area (TPSA) is 119 Å². The van der Waals surface area contributed by atoms with Crippen LogP contribution in [0.5, 0.6) is 0 Å². The fraction of sp³-hybridized carbons (Fsp3) is 0.771. The summed E-state index contributed by atoms with van der Waals surface area (Å²) in [5.74, 6) is -1.33. The summed E-state index contributed by atoms with van der Waals surface area (Å²) in [7, 11) is 0. The van der Waals surface area contributed by atoms with E-state index in [1.807, 2.05) is 0 Å². The van der Waals surface area contributed by atoms with Gasteiger partial charge in [-0.1, -0.05) is 185 Å². The summed E-state index contributed by atoms with van der Waals surface area (Å²) < 4.78 is 5.94. The maximum Gasteiger partial charge on any atom is 0.326 e. The maximum absolute atomic E-state index is 12.8. The van der Waals surface area contributed by atoms with Crippen molar-refractivity contribution in [2.75, 3.05) is 6.54 Å². The molecule has 1 amide bonds. The van der Waals surface area contributed by atoms with Gasteiger partial charge in [-0.05, 0) is 76.8 Å². The molecule has 7 heteroatoms. The Hall–Kier alpha value is -2.67. The molecule has 0 aliphatic rings. The van der Waals surface area contributed by atoms with Crippen molar-refractivity contribution < 1.29 is 24.2 Å². The molecule has 0 spiro atoms. The van der Waals surface area contributed by atoms with Crippen LogP contribution in [0, 0.1) is 0 Å². The van der Waals surface area contributed by atoms with Gasteiger partial charge in [0, 0.05) is 12.8 Å². The number of carboxylic acid groups (broad SMARTS) is 1. The Morgan fingerprint density at radius 2 is 0.982 bits per heavy atom. The number of aliphatic carboxylic acids is 1. The van der Waals surface area contributed by atoms with Crippen LogP contribution in [0.2, 0.25) is 0 Å². The van der Waals surface area contributed by atoms with Gasteiger partial charge in [0.1, 0.15) is 12.1 Å². The fourth-order valence-corrected chi connectivity index (χ4v) is 6.71. The second-order valence-corrected chi connectivity index (χ2v) is 15.4. The zero-order valence-corrected chi connectivity index (χ0v) is 35.8. The van der Waals surface area contributed by atoms with E-state index in [2.05, 4.69) is 67.8 Å². The predicted molar refractivity (Wildman–Crippen MR) is 234 cm³/mol. The van der Waals surface area contributed by atoms with Gasteiger partial charge >= 0.3 is 11.9 Å². The molecule has 0 saturated carbocycles. The van der Waals surface area contributed by atoms with E-state index in [0.29, 0.717) is 32.2 Å². The Balaban J connectivity index is 4.33. The zero-order chi connectivity index (χ0) is 40.3. The van der Waals surface area contributed by atoms with Gasteiger partial charge in [-0.3, -0.25) is 9.59 Å². The Bertz CT molecular complexity index is 1000. The number of hydrogen-bond donors (Lipinski definition) is 3. The van der Waals surface area contributed by atoms with E-state index in [0.717, 1.165) is 77.0 Å². The summed E-state index contributed by atoms with van der Waals surface area (Å²) in [5, 5.41) is 11.9. The van der Waals surface area contributed by atoms with Crippen LogP contribution in [0.15, 0.2) is 48.6 Å².